The summed E-state index contributed by atoms with van der Waals surface area (Å²) in [5.41, 5.74) is 10.2. The third-order valence-corrected chi connectivity index (χ3v) is 2.02. The first-order chi connectivity index (χ1) is 10.9. The van der Waals surface area contributed by atoms with Crippen molar-refractivity contribution in [3.8, 4) is 0 Å². The van der Waals surface area contributed by atoms with Crippen LogP contribution in [0.25, 0.3) is 0 Å². The minimum absolute atomic E-state index is 0.409. The van der Waals surface area contributed by atoms with Crippen molar-refractivity contribution >= 4 is 23.7 Å². The van der Waals surface area contributed by atoms with Gasteiger partial charge in [-0.1, -0.05) is 12.2 Å². The standard InChI is InChI=1S/C11H21N3O2.2C2H4O2/c1-9(12)14-8-6-4-5-7-11(2,13)10(15)16-3;2*1-2(3)4/h4-5H,6-8,13H2,1-3H3,(H2,12,14);2*1H3,(H,3,4)/b5-4-;;. The molecule has 0 heterocycles. The van der Waals surface area contributed by atoms with E-state index in [1.54, 1.807) is 13.8 Å². The van der Waals surface area contributed by atoms with E-state index in [9.17, 15) is 4.79 Å². The van der Waals surface area contributed by atoms with E-state index in [1.807, 2.05) is 12.2 Å². The summed E-state index contributed by atoms with van der Waals surface area (Å²) in [5.74, 6) is -1.50. The number of carboxylic acids is 2. The number of carboxylic acid groups (broad SMARTS) is 2. The fourth-order valence-electron chi connectivity index (χ4n) is 1.08. The lowest BCUT2D eigenvalue weighted by molar-refractivity contribution is -0.146. The fourth-order valence-corrected chi connectivity index (χ4v) is 1.08. The zero-order valence-corrected chi connectivity index (χ0v) is 14.9. The van der Waals surface area contributed by atoms with Crippen molar-refractivity contribution in [1.82, 2.24) is 0 Å². The molecule has 0 spiro atoms. The second-order valence-corrected chi connectivity index (χ2v) is 4.93. The summed E-state index contributed by atoms with van der Waals surface area (Å²) in [6.45, 7) is 6.21. The van der Waals surface area contributed by atoms with Crippen LogP contribution in [-0.2, 0) is 19.1 Å². The van der Waals surface area contributed by atoms with Crippen molar-refractivity contribution in [2.75, 3.05) is 13.7 Å². The van der Waals surface area contributed by atoms with Gasteiger partial charge in [-0.25, -0.2) is 0 Å². The number of esters is 1. The van der Waals surface area contributed by atoms with E-state index in [0.717, 1.165) is 20.3 Å². The van der Waals surface area contributed by atoms with Crippen LogP contribution in [0.2, 0.25) is 0 Å². The SMILES string of the molecule is CC(=O)O.CC(=O)O.COC(=O)C(C)(N)C/C=C\CCN=C(C)N. The molecule has 0 fully saturated rings. The summed E-state index contributed by atoms with van der Waals surface area (Å²) in [4.78, 5) is 33.3. The Kier molecular flexibility index (Phi) is 17.1. The van der Waals surface area contributed by atoms with Crippen molar-refractivity contribution in [3.05, 3.63) is 12.2 Å². The van der Waals surface area contributed by atoms with E-state index in [1.165, 1.54) is 7.11 Å². The average molecular weight is 347 g/mol. The highest BCUT2D eigenvalue weighted by Gasteiger charge is 2.27. The van der Waals surface area contributed by atoms with Crippen LogP contribution in [0, 0.1) is 0 Å². The van der Waals surface area contributed by atoms with Gasteiger partial charge in [-0.15, -0.1) is 0 Å². The van der Waals surface area contributed by atoms with Gasteiger partial charge >= 0.3 is 5.97 Å². The molecule has 1 unspecified atom stereocenters. The predicted octanol–water partition coefficient (Wildman–Crippen LogP) is 0.772. The zero-order chi connectivity index (χ0) is 19.8. The highest BCUT2D eigenvalue weighted by molar-refractivity contribution is 5.80. The van der Waals surface area contributed by atoms with Gasteiger partial charge in [-0.2, -0.15) is 0 Å². The zero-order valence-electron chi connectivity index (χ0n) is 14.9. The van der Waals surface area contributed by atoms with Gasteiger partial charge in [0.15, 0.2) is 0 Å². The van der Waals surface area contributed by atoms with Gasteiger partial charge in [-0.05, 0) is 26.7 Å². The normalized spacial score (nSPS) is 12.8. The van der Waals surface area contributed by atoms with Crippen LogP contribution in [0.15, 0.2) is 17.1 Å². The molecule has 0 amide bonds. The van der Waals surface area contributed by atoms with E-state index in [0.29, 0.717) is 18.8 Å². The largest absolute Gasteiger partial charge is 0.481 e. The Morgan fingerprint density at radius 3 is 1.88 bits per heavy atom. The van der Waals surface area contributed by atoms with Gasteiger partial charge < -0.3 is 26.4 Å². The van der Waals surface area contributed by atoms with Gasteiger partial charge in [0.05, 0.1) is 12.9 Å². The highest BCUT2D eigenvalue weighted by atomic mass is 16.5. The Morgan fingerprint density at radius 1 is 1.12 bits per heavy atom. The van der Waals surface area contributed by atoms with Crippen molar-refractivity contribution in [2.45, 2.75) is 46.1 Å². The molecule has 0 saturated heterocycles. The lowest BCUT2D eigenvalue weighted by Gasteiger charge is -2.18. The second-order valence-electron chi connectivity index (χ2n) is 4.93. The molecule has 0 bridgehead atoms. The van der Waals surface area contributed by atoms with E-state index >= 15 is 0 Å². The van der Waals surface area contributed by atoms with E-state index in [-0.39, 0.29) is 0 Å². The second kappa shape index (κ2) is 15.5. The molecule has 9 heteroatoms. The fraction of sp³-hybridized carbons (Fsp3) is 0.600. The molecular formula is C15H29N3O6. The van der Waals surface area contributed by atoms with Crippen LogP contribution < -0.4 is 11.5 Å². The number of nitrogens with zero attached hydrogens (tertiary/aromatic N) is 1. The molecule has 0 aliphatic carbocycles. The highest BCUT2D eigenvalue weighted by Crippen LogP contribution is 2.08. The van der Waals surface area contributed by atoms with E-state index in [2.05, 4.69) is 9.73 Å². The minimum atomic E-state index is -0.960. The summed E-state index contributed by atoms with van der Waals surface area (Å²) in [5, 5.41) is 14.8. The Balaban J connectivity index is -0.000000457. The maximum absolute atomic E-state index is 11.2. The summed E-state index contributed by atoms with van der Waals surface area (Å²) >= 11 is 0. The molecule has 1 atom stereocenters. The maximum Gasteiger partial charge on any atom is 0.325 e. The number of ether oxygens (including phenoxy) is 1. The molecule has 24 heavy (non-hydrogen) atoms. The van der Waals surface area contributed by atoms with Crippen molar-refractivity contribution in [3.63, 3.8) is 0 Å². The molecule has 0 aliphatic rings. The number of aliphatic carboxylic acids is 2. The van der Waals surface area contributed by atoms with Crippen LogP contribution in [0.3, 0.4) is 0 Å². The molecule has 0 aliphatic heterocycles. The summed E-state index contributed by atoms with van der Waals surface area (Å²) in [7, 11) is 1.33. The van der Waals surface area contributed by atoms with Crippen LogP contribution in [0.1, 0.15) is 40.5 Å². The first-order valence-electron chi connectivity index (χ1n) is 7.04. The van der Waals surface area contributed by atoms with Gasteiger partial charge in [0.25, 0.3) is 11.9 Å². The number of amidine groups is 1. The van der Waals surface area contributed by atoms with E-state index in [4.69, 9.17) is 31.3 Å². The van der Waals surface area contributed by atoms with Crippen LogP contribution >= 0.6 is 0 Å². The minimum Gasteiger partial charge on any atom is -0.481 e. The molecule has 0 saturated carbocycles. The number of carbonyl (C=O) groups excluding carboxylic acids is 1. The average Bonchev–Trinajstić information content (AvgIpc) is 2.40. The van der Waals surface area contributed by atoms with Crippen molar-refractivity contribution in [1.29, 1.82) is 0 Å². The third-order valence-electron chi connectivity index (χ3n) is 2.02. The number of hydrogen-bond donors (Lipinski definition) is 4. The molecular weight excluding hydrogens is 318 g/mol. The van der Waals surface area contributed by atoms with E-state index < -0.39 is 23.4 Å². The Morgan fingerprint density at radius 2 is 1.54 bits per heavy atom. The number of nitrogens with two attached hydrogens (primary N) is 2. The molecule has 0 aromatic heterocycles. The number of rotatable bonds is 6. The van der Waals surface area contributed by atoms with Crippen molar-refractivity contribution in [2.24, 2.45) is 16.5 Å². The Labute approximate surface area is 142 Å². The third kappa shape index (κ3) is 27.8. The molecule has 0 aromatic carbocycles. The van der Waals surface area contributed by atoms with Gasteiger partial charge in [0, 0.05) is 20.4 Å². The Hall–Kier alpha value is -2.42. The molecule has 140 valence electrons. The van der Waals surface area contributed by atoms with Crippen molar-refractivity contribution < 1.29 is 29.3 Å². The molecule has 6 N–H and O–H groups in total. The quantitative estimate of drug-likeness (QED) is 0.180. The maximum atomic E-state index is 11.2. The predicted molar refractivity (Wildman–Crippen MR) is 91.8 cm³/mol. The first-order valence-corrected chi connectivity index (χ1v) is 7.04. The Bertz CT molecular complexity index is 420. The summed E-state index contributed by atoms with van der Waals surface area (Å²) < 4.78 is 4.59. The number of methoxy groups -OCH3 is 1. The number of aliphatic imine (C=N–C) groups is 1. The monoisotopic (exact) mass is 347 g/mol. The van der Waals surface area contributed by atoms with Crippen LogP contribution in [0.4, 0.5) is 0 Å². The molecule has 0 rings (SSSR count). The number of hydrogen-bond acceptors (Lipinski definition) is 6. The van der Waals surface area contributed by atoms with Gasteiger partial charge in [0.2, 0.25) is 0 Å². The first kappa shape index (κ1) is 26.5. The lowest BCUT2D eigenvalue weighted by Crippen LogP contribution is -2.45. The smallest absolute Gasteiger partial charge is 0.325 e. The van der Waals surface area contributed by atoms with Gasteiger partial charge in [0.1, 0.15) is 5.54 Å². The molecule has 0 aromatic rings. The van der Waals surface area contributed by atoms with Crippen LogP contribution in [0.5, 0.6) is 0 Å². The summed E-state index contributed by atoms with van der Waals surface area (Å²) in [6, 6.07) is 0. The number of carbonyl (C=O) groups is 3. The van der Waals surface area contributed by atoms with Crippen LogP contribution in [-0.4, -0.2) is 53.2 Å². The summed E-state index contributed by atoms with van der Waals surface area (Å²) in [6.07, 6.45) is 5.02. The molecule has 9 nitrogen and oxygen atoms in total. The van der Waals surface area contributed by atoms with Gasteiger partial charge in [-0.3, -0.25) is 19.4 Å². The molecule has 0 radical (unpaired) electrons. The topological polar surface area (TPSA) is 165 Å². The lowest BCUT2D eigenvalue weighted by atomic mass is 9.99.